The summed E-state index contributed by atoms with van der Waals surface area (Å²) >= 11 is 0. The van der Waals surface area contributed by atoms with Crippen LogP contribution in [0.5, 0.6) is 0 Å². The number of nitrogens with one attached hydrogen (secondary N) is 1. The summed E-state index contributed by atoms with van der Waals surface area (Å²) in [5, 5.41) is 4.74. The normalized spacial score (nSPS) is 11.3. The molecule has 0 fully saturated rings. The van der Waals surface area contributed by atoms with Gasteiger partial charge in [0.15, 0.2) is 0 Å². The Labute approximate surface area is 122 Å². The Morgan fingerprint density at radius 3 is 2.80 bits per heavy atom. The van der Waals surface area contributed by atoms with Crippen molar-refractivity contribution in [2.45, 2.75) is 26.8 Å². The van der Waals surface area contributed by atoms with Crippen LogP contribution in [0, 0.1) is 0 Å². The highest BCUT2D eigenvalue weighted by atomic mass is 15.1. The van der Waals surface area contributed by atoms with Crippen LogP contribution in [0.1, 0.15) is 25.8 Å². The van der Waals surface area contributed by atoms with Gasteiger partial charge in [-0.2, -0.15) is 0 Å². The molecule has 0 saturated heterocycles. The molecule has 0 spiro atoms. The van der Waals surface area contributed by atoms with Crippen molar-refractivity contribution in [1.82, 2.24) is 15.2 Å². The molecule has 1 heterocycles. The Morgan fingerprint density at radius 1 is 1.15 bits per heavy atom. The first-order chi connectivity index (χ1) is 9.83. The maximum absolute atomic E-state index is 4.34. The number of hydrogen-bond donors (Lipinski definition) is 1. The van der Waals surface area contributed by atoms with E-state index in [1.165, 1.54) is 23.9 Å². The number of benzene rings is 1. The molecule has 0 aliphatic heterocycles. The van der Waals surface area contributed by atoms with E-state index in [1.807, 2.05) is 12.3 Å². The first-order valence-electron chi connectivity index (χ1n) is 7.60. The molecule has 0 unspecified atom stereocenters. The van der Waals surface area contributed by atoms with Gasteiger partial charge in [-0.1, -0.05) is 26.0 Å². The van der Waals surface area contributed by atoms with Crippen LogP contribution in [0.4, 0.5) is 0 Å². The average Bonchev–Trinajstić information content (AvgIpc) is 2.51. The van der Waals surface area contributed by atoms with Crippen LogP contribution in [-0.4, -0.2) is 36.1 Å². The summed E-state index contributed by atoms with van der Waals surface area (Å²) in [6, 6.07) is 10.6. The molecular weight excluding hydrogens is 246 g/mol. The molecule has 0 atom stereocenters. The zero-order valence-electron chi connectivity index (χ0n) is 12.6. The van der Waals surface area contributed by atoms with E-state index in [0.717, 1.165) is 31.7 Å². The third kappa shape index (κ3) is 4.29. The highest BCUT2D eigenvalue weighted by Gasteiger charge is 1.99. The van der Waals surface area contributed by atoms with Crippen LogP contribution < -0.4 is 5.32 Å². The molecule has 2 rings (SSSR count). The van der Waals surface area contributed by atoms with E-state index in [0.29, 0.717) is 0 Å². The second kappa shape index (κ2) is 7.98. The zero-order valence-corrected chi connectivity index (χ0v) is 12.6. The molecule has 0 bridgehead atoms. The van der Waals surface area contributed by atoms with Gasteiger partial charge in [0.05, 0.1) is 5.52 Å². The number of hydrogen-bond acceptors (Lipinski definition) is 3. The quantitative estimate of drug-likeness (QED) is 0.748. The van der Waals surface area contributed by atoms with Gasteiger partial charge in [0.25, 0.3) is 0 Å². The van der Waals surface area contributed by atoms with E-state index in [9.17, 15) is 0 Å². The molecule has 0 radical (unpaired) electrons. The summed E-state index contributed by atoms with van der Waals surface area (Å²) in [4.78, 5) is 6.81. The maximum Gasteiger partial charge on any atom is 0.0702 e. The van der Waals surface area contributed by atoms with Crippen LogP contribution in [-0.2, 0) is 6.54 Å². The predicted molar refractivity (Wildman–Crippen MR) is 85.9 cm³/mol. The van der Waals surface area contributed by atoms with Crippen LogP contribution in [0.2, 0.25) is 0 Å². The van der Waals surface area contributed by atoms with Gasteiger partial charge in [-0.15, -0.1) is 0 Å². The zero-order chi connectivity index (χ0) is 14.2. The van der Waals surface area contributed by atoms with Gasteiger partial charge in [-0.3, -0.25) is 4.98 Å². The fourth-order valence-electron chi connectivity index (χ4n) is 2.44. The average molecular weight is 271 g/mol. The Morgan fingerprint density at radius 2 is 2.00 bits per heavy atom. The number of rotatable bonds is 8. The van der Waals surface area contributed by atoms with Crippen LogP contribution in [0.3, 0.4) is 0 Å². The summed E-state index contributed by atoms with van der Waals surface area (Å²) in [5.74, 6) is 0. The topological polar surface area (TPSA) is 28.2 Å². The standard InChI is InChI=1S/C17H25N3/c1-3-20(4-2)12-6-10-18-14-15-8-9-17-16(13-15)7-5-11-19-17/h5,7-9,11,13,18H,3-4,6,10,12,14H2,1-2H3. The molecule has 108 valence electrons. The van der Waals surface area contributed by atoms with Gasteiger partial charge in [0, 0.05) is 18.1 Å². The van der Waals surface area contributed by atoms with Crippen LogP contribution in [0.25, 0.3) is 10.9 Å². The summed E-state index contributed by atoms with van der Waals surface area (Å²) in [7, 11) is 0. The molecule has 3 nitrogen and oxygen atoms in total. The minimum absolute atomic E-state index is 0.934. The highest BCUT2D eigenvalue weighted by molar-refractivity contribution is 5.78. The van der Waals surface area contributed by atoms with Gasteiger partial charge in [-0.05, 0) is 56.4 Å². The molecule has 0 saturated carbocycles. The Kier molecular flexibility index (Phi) is 5.96. The maximum atomic E-state index is 4.34. The van der Waals surface area contributed by atoms with Crippen molar-refractivity contribution in [3.05, 3.63) is 42.1 Å². The van der Waals surface area contributed by atoms with Crippen LogP contribution in [0.15, 0.2) is 36.5 Å². The van der Waals surface area contributed by atoms with E-state index < -0.39 is 0 Å². The monoisotopic (exact) mass is 271 g/mol. The Bertz CT molecular complexity index is 520. The van der Waals surface area contributed by atoms with Crippen molar-refractivity contribution < 1.29 is 0 Å². The predicted octanol–water partition coefficient (Wildman–Crippen LogP) is 3.06. The molecule has 0 aliphatic carbocycles. The van der Waals surface area contributed by atoms with E-state index in [4.69, 9.17) is 0 Å². The molecule has 3 heteroatoms. The van der Waals surface area contributed by atoms with Crippen molar-refractivity contribution in [2.24, 2.45) is 0 Å². The molecule has 1 aromatic carbocycles. The lowest BCUT2D eigenvalue weighted by atomic mass is 10.1. The number of nitrogens with zero attached hydrogens (tertiary/aromatic N) is 2. The summed E-state index contributed by atoms with van der Waals surface area (Å²) in [6.45, 7) is 9.93. The lowest BCUT2D eigenvalue weighted by Crippen LogP contribution is -2.27. The fraction of sp³-hybridized carbons (Fsp3) is 0.471. The minimum Gasteiger partial charge on any atom is -0.313 e. The summed E-state index contributed by atoms with van der Waals surface area (Å²) in [6.07, 6.45) is 3.05. The second-order valence-electron chi connectivity index (χ2n) is 5.09. The van der Waals surface area contributed by atoms with E-state index >= 15 is 0 Å². The highest BCUT2D eigenvalue weighted by Crippen LogP contribution is 2.12. The third-order valence-electron chi connectivity index (χ3n) is 3.72. The largest absolute Gasteiger partial charge is 0.313 e. The minimum atomic E-state index is 0.934. The third-order valence-corrected chi connectivity index (χ3v) is 3.72. The van der Waals surface area contributed by atoms with Crippen molar-refractivity contribution in [3.63, 3.8) is 0 Å². The van der Waals surface area contributed by atoms with Gasteiger partial charge >= 0.3 is 0 Å². The Hall–Kier alpha value is -1.45. The molecular formula is C17H25N3. The molecule has 2 aromatic rings. The number of fused-ring (bicyclic) bond motifs is 1. The second-order valence-corrected chi connectivity index (χ2v) is 5.09. The molecule has 1 aromatic heterocycles. The van der Waals surface area contributed by atoms with Crippen molar-refractivity contribution in [2.75, 3.05) is 26.2 Å². The molecule has 20 heavy (non-hydrogen) atoms. The van der Waals surface area contributed by atoms with E-state index in [1.54, 1.807) is 0 Å². The van der Waals surface area contributed by atoms with Crippen molar-refractivity contribution in [1.29, 1.82) is 0 Å². The molecule has 0 aliphatic rings. The summed E-state index contributed by atoms with van der Waals surface area (Å²) < 4.78 is 0. The Balaban J connectivity index is 1.75. The number of pyridine rings is 1. The van der Waals surface area contributed by atoms with Crippen LogP contribution >= 0.6 is 0 Å². The summed E-state index contributed by atoms with van der Waals surface area (Å²) in [5.41, 5.74) is 2.39. The van der Waals surface area contributed by atoms with Gasteiger partial charge in [0.2, 0.25) is 0 Å². The lowest BCUT2D eigenvalue weighted by molar-refractivity contribution is 0.298. The lowest BCUT2D eigenvalue weighted by Gasteiger charge is -2.17. The number of aromatic nitrogens is 1. The van der Waals surface area contributed by atoms with Crippen molar-refractivity contribution >= 4 is 10.9 Å². The molecule has 1 N–H and O–H groups in total. The van der Waals surface area contributed by atoms with Gasteiger partial charge < -0.3 is 10.2 Å². The van der Waals surface area contributed by atoms with E-state index in [-0.39, 0.29) is 0 Å². The van der Waals surface area contributed by atoms with Gasteiger partial charge in [-0.25, -0.2) is 0 Å². The van der Waals surface area contributed by atoms with Crippen molar-refractivity contribution in [3.8, 4) is 0 Å². The smallest absolute Gasteiger partial charge is 0.0702 e. The SMILES string of the molecule is CCN(CC)CCCNCc1ccc2ncccc2c1. The van der Waals surface area contributed by atoms with E-state index in [2.05, 4.69) is 53.3 Å². The first kappa shape index (κ1) is 14.9. The molecule has 0 amide bonds. The first-order valence-corrected chi connectivity index (χ1v) is 7.60. The fourth-order valence-corrected chi connectivity index (χ4v) is 2.44. The van der Waals surface area contributed by atoms with Gasteiger partial charge in [0.1, 0.15) is 0 Å².